The molecule has 0 atom stereocenters. The van der Waals surface area contributed by atoms with Crippen LogP contribution in [0.2, 0.25) is 0 Å². The minimum atomic E-state index is -0.702. The molecule has 3 aromatic rings. The van der Waals surface area contributed by atoms with Crippen molar-refractivity contribution in [1.29, 1.82) is 0 Å². The van der Waals surface area contributed by atoms with E-state index in [1.54, 1.807) is 12.1 Å². The molecule has 7 heteroatoms. The Morgan fingerprint density at radius 2 is 1.85 bits per heavy atom. The molecule has 1 aromatic heterocycles. The van der Waals surface area contributed by atoms with Gasteiger partial charge in [-0.25, -0.2) is 4.79 Å². The van der Waals surface area contributed by atoms with Gasteiger partial charge in [-0.05, 0) is 24.5 Å². The van der Waals surface area contributed by atoms with Crippen molar-refractivity contribution in [2.45, 2.75) is 11.5 Å². The number of rotatable bonds is 7. The molecule has 0 unspecified atom stereocenters. The van der Waals surface area contributed by atoms with Gasteiger partial charge in [0, 0.05) is 23.0 Å². The van der Waals surface area contributed by atoms with Gasteiger partial charge in [0.05, 0.1) is 12.3 Å². The Balaban J connectivity index is 1.70. The summed E-state index contributed by atoms with van der Waals surface area (Å²) in [6.07, 6.45) is 1.92. The molecule has 1 amide bonds. The minimum absolute atomic E-state index is 0.0513. The fourth-order valence-electron chi connectivity index (χ4n) is 2.68. The van der Waals surface area contributed by atoms with Crippen LogP contribution < -0.4 is 5.32 Å². The predicted molar refractivity (Wildman–Crippen MR) is 104 cm³/mol. The van der Waals surface area contributed by atoms with Gasteiger partial charge in [0.1, 0.15) is 5.58 Å². The van der Waals surface area contributed by atoms with Gasteiger partial charge in [0.2, 0.25) is 5.76 Å². The molecule has 0 bridgehead atoms. The second-order valence-corrected chi connectivity index (χ2v) is 6.51. The summed E-state index contributed by atoms with van der Waals surface area (Å²) >= 11 is 1.52. The van der Waals surface area contributed by atoms with Gasteiger partial charge in [-0.15, -0.1) is 11.8 Å². The van der Waals surface area contributed by atoms with E-state index in [1.165, 1.54) is 18.9 Å². The Morgan fingerprint density at radius 1 is 1.11 bits per heavy atom. The number of benzene rings is 2. The van der Waals surface area contributed by atoms with Crippen LogP contribution in [0, 0.1) is 0 Å². The SMILES string of the molecule is COCc1c(C(=O)OCC(=O)Nc2ccccc2SC)oc2ccccc12. The number of hydrogen-bond acceptors (Lipinski definition) is 6. The maximum absolute atomic E-state index is 12.4. The molecule has 0 radical (unpaired) electrons. The molecule has 0 aliphatic rings. The van der Waals surface area contributed by atoms with Crippen LogP contribution in [-0.2, 0) is 20.9 Å². The van der Waals surface area contributed by atoms with E-state index >= 15 is 0 Å². The van der Waals surface area contributed by atoms with Crippen LogP contribution in [0.3, 0.4) is 0 Å². The Kier molecular flexibility index (Phi) is 6.16. The summed E-state index contributed by atoms with van der Waals surface area (Å²) < 4.78 is 15.9. The van der Waals surface area contributed by atoms with Crippen LogP contribution >= 0.6 is 11.8 Å². The van der Waals surface area contributed by atoms with Gasteiger partial charge in [-0.2, -0.15) is 0 Å². The van der Waals surface area contributed by atoms with Crippen molar-refractivity contribution in [3.05, 3.63) is 59.9 Å². The molecule has 2 aromatic carbocycles. The number of carbonyl (C=O) groups excluding carboxylic acids is 2. The van der Waals surface area contributed by atoms with Gasteiger partial charge >= 0.3 is 5.97 Å². The summed E-state index contributed by atoms with van der Waals surface area (Å²) in [6.45, 7) is -0.209. The molecule has 1 heterocycles. The average molecular weight is 385 g/mol. The first-order chi connectivity index (χ1) is 13.1. The molecule has 27 heavy (non-hydrogen) atoms. The predicted octanol–water partition coefficient (Wildman–Crippen LogP) is 4.10. The molecular weight excluding hydrogens is 366 g/mol. The zero-order valence-electron chi connectivity index (χ0n) is 15.0. The van der Waals surface area contributed by atoms with Gasteiger partial charge in [0.15, 0.2) is 6.61 Å². The van der Waals surface area contributed by atoms with Gasteiger partial charge < -0.3 is 19.2 Å². The number of ether oxygens (including phenoxy) is 2. The molecule has 140 valence electrons. The first-order valence-corrected chi connectivity index (χ1v) is 9.46. The van der Waals surface area contributed by atoms with Crippen molar-refractivity contribution in [2.75, 3.05) is 25.3 Å². The van der Waals surface area contributed by atoms with Crippen molar-refractivity contribution in [3.8, 4) is 0 Å². The van der Waals surface area contributed by atoms with E-state index in [4.69, 9.17) is 13.9 Å². The van der Waals surface area contributed by atoms with Crippen LogP contribution in [0.4, 0.5) is 5.69 Å². The highest BCUT2D eigenvalue weighted by atomic mass is 32.2. The minimum Gasteiger partial charge on any atom is -0.450 e. The maximum Gasteiger partial charge on any atom is 0.375 e. The van der Waals surface area contributed by atoms with Crippen molar-refractivity contribution in [3.63, 3.8) is 0 Å². The fourth-order valence-corrected chi connectivity index (χ4v) is 3.24. The monoisotopic (exact) mass is 385 g/mol. The molecular formula is C20H19NO5S. The van der Waals surface area contributed by atoms with E-state index < -0.39 is 18.5 Å². The lowest BCUT2D eigenvalue weighted by Crippen LogP contribution is -2.21. The highest BCUT2D eigenvalue weighted by molar-refractivity contribution is 7.98. The Hall–Kier alpha value is -2.77. The number of hydrogen-bond donors (Lipinski definition) is 1. The largest absolute Gasteiger partial charge is 0.450 e. The first-order valence-electron chi connectivity index (χ1n) is 8.23. The zero-order chi connectivity index (χ0) is 19.2. The Morgan fingerprint density at radius 3 is 2.63 bits per heavy atom. The number of esters is 1. The topological polar surface area (TPSA) is 77.8 Å². The van der Waals surface area contributed by atoms with Crippen molar-refractivity contribution >= 4 is 40.3 Å². The van der Waals surface area contributed by atoms with Gasteiger partial charge in [0.25, 0.3) is 5.91 Å². The normalized spacial score (nSPS) is 10.7. The van der Waals surface area contributed by atoms with Crippen LogP contribution in [0.15, 0.2) is 57.8 Å². The van der Waals surface area contributed by atoms with Crippen LogP contribution in [0.1, 0.15) is 16.1 Å². The van der Waals surface area contributed by atoms with Crippen molar-refractivity contribution < 1.29 is 23.5 Å². The van der Waals surface area contributed by atoms with E-state index in [0.29, 0.717) is 16.8 Å². The van der Waals surface area contributed by atoms with E-state index in [0.717, 1.165) is 10.3 Å². The fraction of sp³-hybridized carbons (Fsp3) is 0.200. The standard InChI is InChI=1S/C20H19NO5S/c1-24-11-14-13-7-3-5-9-16(13)26-19(14)20(23)25-12-18(22)21-15-8-4-6-10-17(15)27-2/h3-10H,11-12H2,1-2H3,(H,21,22). The summed E-state index contributed by atoms with van der Waals surface area (Å²) in [6, 6.07) is 14.7. The van der Waals surface area contributed by atoms with E-state index in [-0.39, 0.29) is 12.4 Å². The molecule has 0 saturated carbocycles. The highest BCUT2D eigenvalue weighted by Gasteiger charge is 2.22. The number of nitrogens with one attached hydrogen (secondary N) is 1. The number of anilines is 1. The molecule has 0 spiro atoms. The van der Waals surface area contributed by atoms with Crippen LogP contribution in [0.5, 0.6) is 0 Å². The average Bonchev–Trinajstić information content (AvgIpc) is 3.06. The van der Waals surface area contributed by atoms with Crippen LogP contribution in [0.25, 0.3) is 11.0 Å². The Labute approximate surface area is 160 Å². The van der Waals surface area contributed by atoms with Crippen molar-refractivity contribution in [1.82, 2.24) is 0 Å². The van der Waals surface area contributed by atoms with Crippen LogP contribution in [-0.4, -0.2) is 31.8 Å². The first kappa shape index (κ1) is 19.0. The number of methoxy groups -OCH3 is 1. The number of carbonyl (C=O) groups is 2. The van der Waals surface area contributed by atoms with Crippen molar-refractivity contribution in [2.24, 2.45) is 0 Å². The summed E-state index contributed by atoms with van der Waals surface area (Å²) in [5, 5.41) is 3.52. The lowest BCUT2D eigenvalue weighted by molar-refractivity contribution is -0.119. The Bertz CT molecular complexity index is 966. The second-order valence-electron chi connectivity index (χ2n) is 5.66. The number of para-hydroxylation sites is 2. The number of amides is 1. The third kappa shape index (κ3) is 4.32. The molecule has 0 saturated heterocycles. The lowest BCUT2D eigenvalue weighted by Gasteiger charge is -2.09. The van der Waals surface area contributed by atoms with E-state index in [9.17, 15) is 9.59 Å². The highest BCUT2D eigenvalue weighted by Crippen LogP contribution is 2.27. The van der Waals surface area contributed by atoms with E-state index in [2.05, 4.69) is 5.32 Å². The summed E-state index contributed by atoms with van der Waals surface area (Å²) in [7, 11) is 1.54. The second kappa shape index (κ2) is 8.75. The quantitative estimate of drug-likeness (QED) is 0.487. The van der Waals surface area contributed by atoms with E-state index in [1.807, 2.05) is 42.7 Å². The number of thioether (sulfide) groups is 1. The summed E-state index contributed by atoms with van der Waals surface area (Å²) in [4.78, 5) is 25.5. The third-order valence-electron chi connectivity index (χ3n) is 3.89. The maximum atomic E-state index is 12.4. The molecule has 6 nitrogen and oxygen atoms in total. The molecule has 0 aliphatic heterocycles. The number of fused-ring (bicyclic) bond motifs is 1. The molecule has 0 aliphatic carbocycles. The smallest absolute Gasteiger partial charge is 0.375 e. The van der Waals surface area contributed by atoms with Gasteiger partial charge in [-0.1, -0.05) is 30.3 Å². The lowest BCUT2D eigenvalue weighted by atomic mass is 10.1. The summed E-state index contributed by atoms with van der Waals surface area (Å²) in [5.41, 5.74) is 1.84. The zero-order valence-corrected chi connectivity index (χ0v) is 15.8. The molecule has 3 rings (SSSR count). The van der Waals surface area contributed by atoms with Gasteiger partial charge in [-0.3, -0.25) is 4.79 Å². The third-order valence-corrected chi connectivity index (χ3v) is 4.68. The molecule has 0 fully saturated rings. The molecule has 1 N–H and O–H groups in total. The summed E-state index contributed by atoms with van der Waals surface area (Å²) in [5.74, 6) is -1.07. The number of furan rings is 1.